The zero-order chi connectivity index (χ0) is 15.9. The number of Topliss-reactive ketones (excluding diaryl/α,β-unsaturated/α-hetero) is 2. The molecule has 0 aromatic heterocycles. The summed E-state index contributed by atoms with van der Waals surface area (Å²) >= 11 is 0. The number of aliphatic carboxylic acids is 1. The van der Waals surface area contributed by atoms with Gasteiger partial charge >= 0.3 is 5.97 Å². The maximum absolute atomic E-state index is 12.4. The van der Waals surface area contributed by atoms with Crippen LogP contribution in [0.5, 0.6) is 0 Å². The van der Waals surface area contributed by atoms with Crippen LogP contribution in [-0.2, 0) is 14.4 Å². The second kappa shape index (κ2) is 5.10. The third-order valence-electron chi connectivity index (χ3n) is 4.62. The van der Waals surface area contributed by atoms with Crippen LogP contribution in [0.25, 0.3) is 0 Å². The molecule has 1 aromatic rings. The Bertz CT molecular complexity index is 605. The summed E-state index contributed by atoms with van der Waals surface area (Å²) in [6.45, 7) is 6.97. The van der Waals surface area contributed by atoms with E-state index in [1.165, 1.54) is 6.92 Å². The summed E-state index contributed by atoms with van der Waals surface area (Å²) in [6, 6.07) is 3.86. The fraction of sp³-hybridized carbons (Fsp3) is 0.471. The standard InChI is InChI=1S/C17H20O4/c1-9-7-10(2)14(11(3)8-9)15-13(19)5-6-17(15,12(4)18)16(20)21/h7-8,15H,5-6H2,1-4H3,(H,20,21). The van der Waals surface area contributed by atoms with Crippen molar-refractivity contribution in [3.63, 3.8) is 0 Å². The van der Waals surface area contributed by atoms with Crippen LogP contribution >= 0.6 is 0 Å². The number of ketones is 2. The largest absolute Gasteiger partial charge is 0.480 e. The first-order valence-electron chi connectivity index (χ1n) is 7.06. The van der Waals surface area contributed by atoms with E-state index in [2.05, 4.69) is 0 Å². The van der Waals surface area contributed by atoms with E-state index in [0.29, 0.717) is 5.56 Å². The van der Waals surface area contributed by atoms with E-state index >= 15 is 0 Å². The molecule has 21 heavy (non-hydrogen) atoms. The van der Waals surface area contributed by atoms with Crippen molar-refractivity contribution in [2.24, 2.45) is 5.41 Å². The second-order valence-corrected chi connectivity index (χ2v) is 6.04. The predicted octanol–water partition coefficient (Wildman–Crippen LogP) is 2.72. The quantitative estimate of drug-likeness (QED) is 0.868. The lowest BCUT2D eigenvalue weighted by atomic mass is 9.69. The van der Waals surface area contributed by atoms with Gasteiger partial charge in [0, 0.05) is 6.42 Å². The molecule has 0 heterocycles. The number of hydrogen-bond donors (Lipinski definition) is 1. The molecule has 4 heteroatoms. The van der Waals surface area contributed by atoms with Crippen molar-refractivity contribution in [2.45, 2.75) is 46.5 Å². The van der Waals surface area contributed by atoms with Crippen LogP contribution in [0, 0.1) is 26.2 Å². The minimum Gasteiger partial charge on any atom is -0.480 e. The van der Waals surface area contributed by atoms with Crippen molar-refractivity contribution in [3.8, 4) is 0 Å². The summed E-state index contributed by atoms with van der Waals surface area (Å²) in [6.07, 6.45) is 0.233. The van der Waals surface area contributed by atoms with Crippen LogP contribution in [-0.4, -0.2) is 22.6 Å². The Morgan fingerprint density at radius 1 is 1.19 bits per heavy atom. The summed E-state index contributed by atoms with van der Waals surface area (Å²) < 4.78 is 0. The summed E-state index contributed by atoms with van der Waals surface area (Å²) in [7, 11) is 0. The van der Waals surface area contributed by atoms with E-state index in [-0.39, 0.29) is 18.6 Å². The van der Waals surface area contributed by atoms with Gasteiger partial charge in [0.15, 0.2) is 0 Å². The fourth-order valence-electron chi connectivity index (χ4n) is 3.70. The molecule has 1 fully saturated rings. The van der Waals surface area contributed by atoms with Gasteiger partial charge in [-0.1, -0.05) is 17.7 Å². The van der Waals surface area contributed by atoms with Gasteiger partial charge in [0.25, 0.3) is 0 Å². The molecule has 1 aliphatic carbocycles. The van der Waals surface area contributed by atoms with Gasteiger partial charge in [-0.25, -0.2) is 0 Å². The first-order chi connectivity index (χ1) is 9.71. The molecule has 0 bridgehead atoms. The highest BCUT2D eigenvalue weighted by Gasteiger charge is 2.58. The summed E-state index contributed by atoms with van der Waals surface area (Å²) in [4.78, 5) is 36.3. The Labute approximate surface area is 124 Å². The monoisotopic (exact) mass is 288 g/mol. The van der Waals surface area contributed by atoms with Crippen molar-refractivity contribution in [3.05, 3.63) is 34.4 Å². The molecular weight excluding hydrogens is 268 g/mol. The molecule has 1 saturated carbocycles. The van der Waals surface area contributed by atoms with E-state index < -0.39 is 23.1 Å². The Hall–Kier alpha value is -1.97. The van der Waals surface area contributed by atoms with Gasteiger partial charge in [0.2, 0.25) is 0 Å². The van der Waals surface area contributed by atoms with Gasteiger partial charge in [0.1, 0.15) is 17.0 Å². The van der Waals surface area contributed by atoms with E-state index in [9.17, 15) is 19.5 Å². The maximum atomic E-state index is 12.4. The van der Waals surface area contributed by atoms with Crippen LogP contribution in [0.2, 0.25) is 0 Å². The number of hydrogen-bond acceptors (Lipinski definition) is 3. The van der Waals surface area contributed by atoms with Crippen molar-refractivity contribution in [1.82, 2.24) is 0 Å². The number of carbonyl (C=O) groups is 3. The lowest BCUT2D eigenvalue weighted by Crippen LogP contribution is -2.42. The molecule has 112 valence electrons. The molecule has 4 nitrogen and oxygen atoms in total. The number of carboxylic acid groups (broad SMARTS) is 1. The molecule has 2 rings (SSSR count). The van der Waals surface area contributed by atoms with Gasteiger partial charge in [0.05, 0.1) is 5.92 Å². The number of aryl methyl sites for hydroxylation is 3. The predicted molar refractivity (Wildman–Crippen MR) is 78.4 cm³/mol. The number of carboxylic acids is 1. The van der Waals surface area contributed by atoms with Crippen LogP contribution in [0.15, 0.2) is 12.1 Å². The zero-order valence-corrected chi connectivity index (χ0v) is 12.8. The zero-order valence-electron chi connectivity index (χ0n) is 12.8. The van der Waals surface area contributed by atoms with Gasteiger partial charge in [-0.15, -0.1) is 0 Å². The van der Waals surface area contributed by atoms with Crippen molar-refractivity contribution in [2.75, 3.05) is 0 Å². The Morgan fingerprint density at radius 3 is 2.14 bits per heavy atom. The Kier molecular flexibility index (Phi) is 3.74. The first kappa shape index (κ1) is 15.4. The van der Waals surface area contributed by atoms with Crippen molar-refractivity contribution < 1.29 is 19.5 Å². The van der Waals surface area contributed by atoms with Crippen molar-refractivity contribution >= 4 is 17.5 Å². The van der Waals surface area contributed by atoms with Gasteiger partial charge in [-0.05, 0) is 50.8 Å². The lowest BCUT2D eigenvalue weighted by molar-refractivity contribution is -0.156. The van der Waals surface area contributed by atoms with E-state index in [0.717, 1.165) is 16.7 Å². The van der Waals surface area contributed by atoms with E-state index in [4.69, 9.17) is 0 Å². The summed E-state index contributed by atoms with van der Waals surface area (Å²) in [5, 5.41) is 9.65. The topological polar surface area (TPSA) is 71.4 Å². The van der Waals surface area contributed by atoms with Crippen LogP contribution in [0.1, 0.15) is 47.9 Å². The lowest BCUT2D eigenvalue weighted by Gasteiger charge is -2.30. The van der Waals surface area contributed by atoms with Crippen LogP contribution < -0.4 is 0 Å². The number of rotatable bonds is 3. The average molecular weight is 288 g/mol. The molecule has 1 aromatic carbocycles. The molecule has 0 amide bonds. The second-order valence-electron chi connectivity index (χ2n) is 6.04. The number of carbonyl (C=O) groups excluding carboxylic acids is 2. The molecule has 2 unspecified atom stereocenters. The molecule has 1 aliphatic rings. The SMILES string of the molecule is CC(=O)C1(C(=O)O)CCC(=O)C1c1c(C)cc(C)cc1C. The maximum Gasteiger partial charge on any atom is 0.318 e. The number of benzene rings is 1. The summed E-state index contributed by atoms with van der Waals surface area (Å²) in [5.74, 6) is -2.65. The minimum atomic E-state index is -1.61. The van der Waals surface area contributed by atoms with Gasteiger partial charge < -0.3 is 5.11 Å². The molecule has 0 spiro atoms. The van der Waals surface area contributed by atoms with E-state index in [1.807, 2.05) is 32.9 Å². The first-order valence-corrected chi connectivity index (χ1v) is 7.06. The normalized spacial score (nSPS) is 25.1. The molecular formula is C17H20O4. The van der Waals surface area contributed by atoms with E-state index in [1.54, 1.807) is 0 Å². The molecule has 0 aliphatic heterocycles. The van der Waals surface area contributed by atoms with Crippen LogP contribution in [0.4, 0.5) is 0 Å². The average Bonchev–Trinajstić information content (AvgIpc) is 2.67. The van der Waals surface area contributed by atoms with Crippen LogP contribution in [0.3, 0.4) is 0 Å². The van der Waals surface area contributed by atoms with Crippen molar-refractivity contribution in [1.29, 1.82) is 0 Å². The highest BCUT2D eigenvalue weighted by atomic mass is 16.4. The third kappa shape index (κ3) is 2.19. The molecule has 2 atom stereocenters. The van der Waals surface area contributed by atoms with Gasteiger partial charge in [-0.3, -0.25) is 14.4 Å². The Morgan fingerprint density at radius 2 is 1.71 bits per heavy atom. The summed E-state index contributed by atoms with van der Waals surface area (Å²) in [5.41, 5.74) is 1.91. The highest BCUT2D eigenvalue weighted by Crippen LogP contribution is 2.50. The smallest absolute Gasteiger partial charge is 0.318 e. The molecule has 1 N–H and O–H groups in total. The third-order valence-corrected chi connectivity index (χ3v) is 4.62. The molecule has 0 radical (unpaired) electrons. The van der Waals surface area contributed by atoms with Gasteiger partial charge in [-0.2, -0.15) is 0 Å². The Balaban J connectivity index is 2.73. The highest BCUT2D eigenvalue weighted by molar-refractivity contribution is 6.11. The minimum absolute atomic E-state index is 0.0912. The fourth-order valence-corrected chi connectivity index (χ4v) is 3.70. The molecule has 0 saturated heterocycles.